The zero-order valence-electron chi connectivity index (χ0n) is 22.0. The maximum absolute atomic E-state index is 13.5. The molecule has 0 bridgehead atoms. The van der Waals surface area contributed by atoms with Crippen molar-refractivity contribution in [3.05, 3.63) is 88.6 Å². The Morgan fingerprint density at radius 1 is 1.00 bits per heavy atom. The van der Waals surface area contributed by atoms with Gasteiger partial charge in [-0.3, -0.25) is 9.48 Å². The van der Waals surface area contributed by atoms with E-state index in [1.807, 2.05) is 41.1 Å². The number of carbonyl (C=O) groups excluding carboxylic acids is 2. The molecule has 6 heteroatoms. The number of nitrogens with zero attached hydrogens (tertiary/aromatic N) is 3. The fourth-order valence-electron chi connectivity index (χ4n) is 6.99. The summed E-state index contributed by atoms with van der Waals surface area (Å²) in [4.78, 5) is 24.9. The van der Waals surface area contributed by atoms with Crippen LogP contribution in [0.1, 0.15) is 66.9 Å². The second-order valence-electron chi connectivity index (χ2n) is 11.6. The summed E-state index contributed by atoms with van der Waals surface area (Å²) in [5, 5.41) is 15.2. The minimum atomic E-state index is 0.144. The quantitative estimate of drug-likeness (QED) is 0.217. The minimum absolute atomic E-state index is 0.144. The number of halogens is 1. The highest BCUT2D eigenvalue weighted by atomic mass is 35.5. The Morgan fingerprint density at radius 2 is 1.72 bits per heavy atom. The van der Waals surface area contributed by atoms with Crippen LogP contribution in [0.25, 0.3) is 22.0 Å². The summed E-state index contributed by atoms with van der Waals surface area (Å²) in [7, 11) is 0. The average Bonchev–Trinajstić information content (AvgIpc) is 3.31. The summed E-state index contributed by atoms with van der Waals surface area (Å²) in [6.45, 7) is 2.20. The van der Waals surface area contributed by atoms with Gasteiger partial charge in [0.05, 0.1) is 34.9 Å². The lowest BCUT2D eigenvalue weighted by atomic mass is 9.47. The molecular formula is C33H30ClN3O2. The number of nitriles is 1. The van der Waals surface area contributed by atoms with Crippen molar-refractivity contribution in [2.75, 3.05) is 0 Å². The summed E-state index contributed by atoms with van der Waals surface area (Å²) < 4.78 is 1.88. The van der Waals surface area contributed by atoms with E-state index in [1.54, 1.807) is 25.3 Å². The third kappa shape index (κ3) is 5.02. The normalized spacial score (nSPS) is 21.8. The Morgan fingerprint density at radius 3 is 2.41 bits per heavy atom. The molecule has 0 aliphatic heterocycles. The van der Waals surface area contributed by atoms with Gasteiger partial charge in [-0.2, -0.15) is 10.4 Å². The van der Waals surface area contributed by atoms with E-state index in [1.165, 1.54) is 0 Å². The van der Waals surface area contributed by atoms with Gasteiger partial charge in [-0.15, -0.1) is 0 Å². The molecule has 39 heavy (non-hydrogen) atoms. The van der Waals surface area contributed by atoms with Crippen molar-refractivity contribution in [2.45, 2.75) is 52.0 Å². The van der Waals surface area contributed by atoms with Gasteiger partial charge in [0.25, 0.3) is 0 Å². The molecule has 2 aliphatic rings. The molecule has 2 aliphatic carbocycles. The van der Waals surface area contributed by atoms with E-state index in [4.69, 9.17) is 11.6 Å². The van der Waals surface area contributed by atoms with Gasteiger partial charge in [0.1, 0.15) is 5.78 Å². The second-order valence-corrected chi connectivity index (χ2v) is 12.0. The highest BCUT2D eigenvalue weighted by Gasteiger charge is 2.52. The third-order valence-corrected chi connectivity index (χ3v) is 8.93. The number of fused-ring (bicyclic) bond motifs is 1. The van der Waals surface area contributed by atoms with Gasteiger partial charge in [0.15, 0.2) is 5.78 Å². The van der Waals surface area contributed by atoms with Crippen molar-refractivity contribution < 1.29 is 9.59 Å². The van der Waals surface area contributed by atoms with Crippen molar-refractivity contribution in [1.82, 2.24) is 9.78 Å². The van der Waals surface area contributed by atoms with Gasteiger partial charge < -0.3 is 4.79 Å². The SMILES string of the molecule is CC(=O)CC1CC2(C1)CC(CC(=O)c1ccc(Cl)c3cnn(Cc4ccc(-c5cccc(C#N)c5)cc4)c13)C2. The summed E-state index contributed by atoms with van der Waals surface area (Å²) in [6, 6.07) is 21.6. The van der Waals surface area contributed by atoms with E-state index in [-0.39, 0.29) is 11.6 Å². The van der Waals surface area contributed by atoms with Gasteiger partial charge in [0, 0.05) is 23.8 Å². The van der Waals surface area contributed by atoms with Crippen LogP contribution in [0.3, 0.4) is 0 Å². The molecule has 0 radical (unpaired) electrons. The smallest absolute Gasteiger partial charge is 0.165 e. The van der Waals surface area contributed by atoms with Gasteiger partial charge in [-0.1, -0.05) is 48.0 Å². The molecule has 1 heterocycles. The van der Waals surface area contributed by atoms with Crippen molar-refractivity contribution in [3.63, 3.8) is 0 Å². The van der Waals surface area contributed by atoms with Crippen LogP contribution in [-0.4, -0.2) is 21.3 Å². The zero-order chi connectivity index (χ0) is 27.1. The van der Waals surface area contributed by atoms with E-state index >= 15 is 0 Å². The van der Waals surface area contributed by atoms with Crippen LogP contribution in [-0.2, 0) is 11.3 Å². The van der Waals surface area contributed by atoms with Crippen molar-refractivity contribution in [2.24, 2.45) is 17.3 Å². The first-order valence-corrected chi connectivity index (χ1v) is 14.0. The minimum Gasteiger partial charge on any atom is -0.300 e. The van der Waals surface area contributed by atoms with Crippen LogP contribution in [0.2, 0.25) is 5.02 Å². The zero-order valence-corrected chi connectivity index (χ0v) is 22.7. The van der Waals surface area contributed by atoms with Gasteiger partial charge in [-0.25, -0.2) is 0 Å². The average molecular weight is 536 g/mol. The van der Waals surface area contributed by atoms with Gasteiger partial charge in [0.2, 0.25) is 0 Å². The second kappa shape index (κ2) is 10.1. The highest BCUT2D eigenvalue weighted by molar-refractivity contribution is 6.36. The molecule has 196 valence electrons. The number of benzene rings is 3. The molecule has 1 aromatic heterocycles. The molecule has 0 N–H and O–H groups in total. The Labute approximate surface area is 233 Å². The number of hydrogen-bond donors (Lipinski definition) is 0. The lowest BCUT2D eigenvalue weighted by Gasteiger charge is -2.58. The maximum atomic E-state index is 13.5. The van der Waals surface area contributed by atoms with Crippen molar-refractivity contribution >= 4 is 34.1 Å². The van der Waals surface area contributed by atoms with Crippen LogP contribution in [0, 0.1) is 28.6 Å². The van der Waals surface area contributed by atoms with Crippen molar-refractivity contribution in [1.29, 1.82) is 5.26 Å². The first-order chi connectivity index (χ1) is 18.8. The summed E-state index contributed by atoms with van der Waals surface area (Å²) in [5.74, 6) is 1.38. The number of carbonyl (C=O) groups is 2. The Balaban J connectivity index is 1.17. The van der Waals surface area contributed by atoms with E-state index in [0.717, 1.165) is 53.3 Å². The van der Waals surface area contributed by atoms with Gasteiger partial charge >= 0.3 is 0 Å². The third-order valence-electron chi connectivity index (χ3n) is 8.60. The van der Waals surface area contributed by atoms with Crippen LogP contribution in [0.15, 0.2) is 66.9 Å². The number of aromatic nitrogens is 2. The molecule has 5 nitrogen and oxygen atoms in total. The molecule has 0 saturated heterocycles. The first-order valence-electron chi connectivity index (χ1n) is 13.6. The van der Waals surface area contributed by atoms with Crippen LogP contribution >= 0.6 is 11.6 Å². The lowest BCUT2D eigenvalue weighted by Crippen LogP contribution is -2.48. The molecule has 2 fully saturated rings. The molecule has 0 unspecified atom stereocenters. The molecule has 2 saturated carbocycles. The monoisotopic (exact) mass is 535 g/mol. The fourth-order valence-corrected chi connectivity index (χ4v) is 7.19. The van der Waals surface area contributed by atoms with E-state index < -0.39 is 0 Å². The van der Waals surface area contributed by atoms with Gasteiger partial charge in [-0.05, 0) is 90.8 Å². The lowest BCUT2D eigenvalue weighted by molar-refractivity contribution is -0.123. The topological polar surface area (TPSA) is 75.8 Å². The molecule has 0 atom stereocenters. The number of hydrogen-bond acceptors (Lipinski definition) is 4. The van der Waals surface area contributed by atoms with Crippen molar-refractivity contribution in [3.8, 4) is 17.2 Å². The summed E-state index contributed by atoms with van der Waals surface area (Å²) in [6.07, 6.45) is 7.44. The molecule has 0 amide bonds. The molecule has 3 aromatic carbocycles. The predicted octanol–water partition coefficient (Wildman–Crippen LogP) is 7.63. The Bertz CT molecular complexity index is 1620. The summed E-state index contributed by atoms with van der Waals surface area (Å²) in [5.41, 5.74) is 5.58. The number of rotatable bonds is 8. The molecule has 4 aromatic rings. The largest absolute Gasteiger partial charge is 0.300 e. The fraction of sp³-hybridized carbons (Fsp3) is 0.333. The standard InChI is InChI=1S/C33H30ClN3O2/c1-21(38)11-24-14-33(15-24)16-25(17-33)13-31(39)28-9-10-30(34)29-19-36-37(32(28)29)20-22-5-7-26(8-6-22)27-4-2-3-23(12-27)18-35/h2-10,12,19,24-25H,11,13-17,20H2,1H3. The number of Topliss-reactive ketones (excluding diaryl/α,β-unsaturated/α-hetero) is 2. The van der Waals surface area contributed by atoms with Crippen LogP contribution < -0.4 is 0 Å². The predicted molar refractivity (Wildman–Crippen MR) is 153 cm³/mol. The van der Waals surface area contributed by atoms with E-state index in [0.29, 0.717) is 52.8 Å². The van der Waals surface area contributed by atoms with E-state index in [9.17, 15) is 14.9 Å². The number of ketones is 2. The molecule has 6 rings (SSSR count). The summed E-state index contributed by atoms with van der Waals surface area (Å²) >= 11 is 6.51. The Kier molecular flexibility index (Phi) is 6.61. The molecule has 1 spiro atoms. The van der Waals surface area contributed by atoms with Crippen LogP contribution in [0.4, 0.5) is 0 Å². The maximum Gasteiger partial charge on any atom is 0.165 e. The van der Waals surface area contributed by atoms with E-state index in [2.05, 4.69) is 23.3 Å². The highest BCUT2D eigenvalue weighted by Crippen LogP contribution is 2.62. The first kappa shape index (κ1) is 25.5. The molecular weight excluding hydrogens is 506 g/mol. The Hall–Kier alpha value is -3.75. The van der Waals surface area contributed by atoms with Crippen LogP contribution in [0.5, 0.6) is 0 Å².